The second-order valence-electron chi connectivity index (χ2n) is 5.20. The van der Waals surface area contributed by atoms with Crippen LogP contribution in [0.3, 0.4) is 0 Å². The minimum Gasteiger partial charge on any atom is -0.309 e. The van der Waals surface area contributed by atoms with E-state index in [0.29, 0.717) is 0 Å². The molecule has 0 saturated carbocycles. The number of hydrogen-bond donors (Lipinski definition) is 1. The van der Waals surface area contributed by atoms with Crippen LogP contribution in [0.5, 0.6) is 0 Å². The number of nitrogens with one attached hydrogen (secondary N) is 1. The van der Waals surface area contributed by atoms with Crippen molar-refractivity contribution in [3.8, 4) is 0 Å². The number of piperazine rings is 1. The molecule has 1 N–H and O–H groups in total. The van der Waals surface area contributed by atoms with Crippen molar-refractivity contribution in [1.29, 1.82) is 0 Å². The quantitative estimate of drug-likeness (QED) is 0.831. The third-order valence-electron chi connectivity index (χ3n) is 3.09. The molecule has 0 bridgehead atoms. The van der Waals surface area contributed by atoms with Gasteiger partial charge in [-0.3, -0.25) is 9.88 Å². The summed E-state index contributed by atoms with van der Waals surface area (Å²) in [7, 11) is 0. The SMILES string of the molecule is CC1(C)CN(CCc2cccnc2)CCN1. The maximum atomic E-state index is 4.15. The van der Waals surface area contributed by atoms with Gasteiger partial charge >= 0.3 is 0 Å². The third-order valence-corrected chi connectivity index (χ3v) is 3.09. The Bertz CT molecular complexity index is 321. The van der Waals surface area contributed by atoms with E-state index in [1.807, 2.05) is 18.5 Å². The zero-order chi connectivity index (χ0) is 11.4. The van der Waals surface area contributed by atoms with Gasteiger partial charge < -0.3 is 5.32 Å². The van der Waals surface area contributed by atoms with Gasteiger partial charge in [-0.25, -0.2) is 0 Å². The second kappa shape index (κ2) is 4.93. The summed E-state index contributed by atoms with van der Waals surface area (Å²) in [6, 6.07) is 4.16. The summed E-state index contributed by atoms with van der Waals surface area (Å²) < 4.78 is 0. The highest BCUT2D eigenvalue weighted by atomic mass is 15.2. The first-order valence-electron chi connectivity index (χ1n) is 6.02. The van der Waals surface area contributed by atoms with E-state index >= 15 is 0 Å². The summed E-state index contributed by atoms with van der Waals surface area (Å²) in [4.78, 5) is 6.68. The second-order valence-corrected chi connectivity index (χ2v) is 5.20. The predicted octanol–water partition coefficient (Wildman–Crippen LogP) is 1.31. The largest absolute Gasteiger partial charge is 0.309 e. The molecule has 1 saturated heterocycles. The van der Waals surface area contributed by atoms with Crippen LogP contribution >= 0.6 is 0 Å². The van der Waals surface area contributed by atoms with E-state index in [0.717, 1.165) is 32.6 Å². The van der Waals surface area contributed by atoms with Crippen molar-refractivity contribution < 1.29 is 0 Å². The molecule has 1 aliphatic rings. The van der Waals surface area contributed by atoms with Gasteiger partial charge in [-0.2, -0.15) is 0 Å². The Morgan fingerprint density at radius 3 is 3.06 bits per heavy atom. The van der Waals surface area contributed by atoms with Gasteiger partial charge in [0.25, 0.3) is 0 Å². The topological polar surface area (TPSA) is 28.2 Å². The number of rotatable bonds is 3. The molecule has 0 atom stereocenters. The van der Waals surface area contributed by atoms with Crippen molar-refractivity contribution in [3.63, 3.8) is 0 Å². The van der Waals surface area contributed by atoms with Gasteiger partial charge in [-0.05, 0) is 31.9 Å². The Morgan fingerprint density at radius 1 is 1.50 bits per heavy atom. The Kier molecular flexibility index (Phi) is 3.56. The first-order chi connectivity index (χ1) is 7.66. The molecule has 2 rings (SSSR count). The molecule has 0 radical (unpaired) electrons. The number of pyridine rings is 1. The molecule has 0 amide bonds. The monoisotopic (exact) mass is 219 g/mol. The first-order valence-corrected chi connectivity index (χ1v) is 6.02. The summed E-state index contributed by atoms with van der Waals surface area (Å²) in [5.41, 5.74) is 1.59. The fraction of sp³-hybridized carbons (Fsp3) is 0.615. The van der Waals surface area contributed by atoms with Gasteiger partial charge in [-0.1, -0.05) is 6.07 Å². The highest BCUT2D eigenvalue weighted by Gasteiger charge is 2.24. The number of hydrogen-bond acceptors (Lipinski definition) is 3. The van der Waals surface area contributed by atoms with Crippen molar-refractivity contribution in [2.75, 3.05) is 26.2 Å². The summed E-state index contributed by atoms with van der Waals surface area (Å²) in [6.45, 7) is 9.06. The summed E-state index contributed by atoms with van der Waals surface area (Å²) in [5, 5.41) is 3.53. The molecule has 1 fully saturated rings. The normalized spacial score (nSPS) is 20.9. The lowest BCUT2D eigenvalue weighted by molar-refractivity contribution is 0.156. The van der Waals surface area contributed by atoms with Gasteiger partial charge in [0.05, 0.1) is 0 Å². The van der Waals surface area contributed by atoms with E-state index in [4.69, 9.17) is 0 Å². The lowest BCUT2D eigenvalue weighted by Gasteiger charge is -2.39. The van der Waals surface area contributed by atoms with E-state index < -0.39 is 0 Å². The Hall–Kier alpha value is -0.930. The molecule has 0 aromatic carbocycles. The number of nitrogens with zero attached hydrogens (tertiary/aromatic N) is 2. The zero-order valence-corrected chi connectivity index (χ0v) is 10.2. The van der Waals surface area contributed by atoms with Crippen molar-refractivity contribution in [2.45, 2.75) is 25.8 Å². The minimum atomic E-state index is 0.257. The average molecular weight is 219 g/mol. The molecule has 0 spiro atoms. The summed E-state index contributed by atoms with van der Waals surface area (Å²) >= 11 is 0. The fourth-order valence-corrected chi connectivity index (χ4v) is 2.27. The fourth-order valence-electron chi connectivity index (χ4n) is 2.27. The molecule has 2 heterocycles. The highest BCUT2D eigenvalue weighted by molar-refractivity contribution is 5.08. The van der Waals surface area contributed by atoms with Crippen LogP contribution in [-0.4, -0.2) is 41.6 Å². The van der Waals surface area contributed by atoms with Crippen LogP contribution in [0.4, 0.5) is 0 Å². The van der Waals surface area contributed by atoms with E-state index in [1.165, 1.54) is 5.56 Å². The zero-order valence-electron chi connectivity index (χ0n) is 10.2. The van der Waals surface area contributed by atoms with Gasteiger partial charge in [0.2, 0.25) is 0 Å². The van der Waals surface area contributed by atoms with Crippen LogP contribution in [0.15, 0.2) is 24.5 Å². The van der Waals surface area contributed by atoms with Crippen molar-refractivity contribution >= 4 is 0 Å². The van der Waals surface area contributed by atoms with Crippen LogP contribution in [0.2, 0.25) is 0 Å². The van der Waals surface area contributed by atoms with Gasteiger partial charge in [0.1, 0.15) is 0 Å². The van der Waals surface area contributed by atoms with Crippen LogP contribution in [-0.2, 0) is 6.42 Å². The lowest BCUT2D eigenvalue weighted by atomic mass is 10.0. The van der Waals surface area contributed by atoms with Gasteiger partial charge in [-0.15, -0.1) is 0 Å². The third kappa shape index (κ3) is 3.29. The van der Waals surface area contributed by atoms with Crippen LogP contribution in [0.1, 0.15) is 19.4 Å². The smallest absolute Gasteiger partial charge is 0.0300 e. The minimum absolute atomic E-state index is 0.257. The van der Waals surface area contributed by atoms with Gasteiger partial charge in [0.15, 0.2) is 0 Å². The molecule has 0 aliphatic carbocycles. The number of aromatic nitrogens is 1. The van der Waals surface area contributed by atoms with Crippen molar-refractivity contribution in [2.24, 2.45) is 0 Å². The van der Waals surface area contributed by atoms with Crippen molar-refractivity contribution in [1.82, 2.24) is 15.2 Å². The highest BCUT2D eigenvalue weighted by Crippen LogP contribution is 2.10. The van der Waals surface area contributed by atoms with Crippen LogP contribution < -0.4 is 5.32 Å². The predicted molar refractivity (Wildman–Crippen MR) is 66.5 cm³/mol. The van der Waals surface area contributed by atoms with E-state index in [9.17, 15) is 0 Å². The molecule has 16 heavy (non-hydrogen) atoms. The standard InChI is InChI=1S/C13H21N3/c1-13(2)11-16(9-7-15-13)8-5-12-4-3-6-14-10-12/h3-4,6,10,15H,5,7-9,11H2,1-2H3. The molecule has 1 aromatic rings. The van der Waals surface area contributed by atoms with E-state index in [-0.39, 0.29) is 5.54 Å². The maximum absolute atomic E-state index is 4.15. The molecule has 1 aliphatic heterocycles. The molecular formula is C13H21N3. The molecular weight excluding hydrogens is 198 g/mol. The molecule has 88 valence electrons. The van der Waals surface area contributed by atoms with E-state index in [1.54, 1.807) is 0 Å². The van der Waals surface area contributed by atoms with Crippen molar-refractivity contribution in [3.05, 3.63) is 30.1 Å². The molecule has 3 nitrogen and oxygen atoms in total. The average Bonchev–Trinajstić information content (AvgIpc) is 2.27. The van der Waals surface area contributed by atoms with Gasteiger partial charge in [0, 0.05) is 44.1 Å². The molecule has 3 heteroatoms. The van der Waals surface area contributed by atoms with Crippen LogP contribution in [0.25, 0.3) is 0 Å². The lowest BCUT2D eigenvalue weighted by Crippen LogP contribution is -2.57. The molecule has 1 aromatic heterocycles. The summed E-state index contributed by atoms with van der Waals surface area (Å²) in [5.74, 6) is 0. The first kappa shape index (κ1) is 11.6. The molecule has 0 unspecified atom stereocenters. The Morgan fingerprint density at radius 2 is 2.38 bits per heavy atom. The maximum Gasteiger partial charge on any atom is 0.0300 e. The summed E-state index contributed by atoms with van der Waals surface area (Å²) in [6.07, 6.45) is 4.90. The Balaban J connectivity index is 1.82. The Labute approximate surface area is 97.9 Å². The van der Waals surface area contributed by atoms with E-state index in [2.05, 4.69) is 35.1 Å². The van der Waals surface area contributed by atoms with Crippen LogP contribution in [0, 0.1) is 0 Å².